The molecule has 1 aliphatic rings. The van der Waals surface area contributed by atoms with Crippen LogP contribution in [0.15, 0.2) is 30.3 Å². The Labute approximate surface area is 120 Å². The number of benzene rings is 1. The average Bonchev–Trinajstić information content (AvgIpc) is 2.88. The van der Waals surface area contributed by atoms with Crippen LogP contribution in [0.25, 0.3) is 0 Å². The summed E-state index contributed by atoms with van der Waals surface area (Å²) in [5.41, 5.74) is 5.86. The number of para-hydroxylation sites is 1. The lowest BCUT2D eigenvalue weighted by atomic mass is 9.90. The van der Waals surface area contributed by atoms with Crippen molar-refractivity contribution in [3.8, 4) is 5.75 Å². The minimum Gasteiger partial charge on any atom is -0.493 e. The number of ether oxygens (including phenoxy) is 1. The number of likely N-dealkylation sites (tertiary alicyclic amines) is 1. The molecule has 1 heterocycles. The van der Waals surface area contributed by atoms with E-state index in [1.165, 1.54) is 0 Å². The second-order valence-corrected chi connectivity index (χ2v) is 6.05. The first-order valence-corrected chi connectivity index (χ1v) is 7.21. The van der Waals surface area contributed by atoms with Crippen molar-refractivity contribution in [3.63, 3.8) is 0 Å². The fourth-order valence-corrected chi connectivity index (χ4v) is 2.50. The highest BCUT2D eigenvalue weighted by atomic mass is 16.5. The molecule has 0 aromatic heterocycles. The molecule has 1 aliphatic heterocycles. The van der Waals surface area contributed by atoms with Crippen molar-refractivity contribution in [1.82, 2.24) is 4.90 Å². The maximum absolute atomic E-state index is 12.4. The van der Waals surface area contributed by atoms with Gasteiger partial charge in [-0.05, 0) is 30.5 Å². The third-order valence-electron chi connectivity index (χ3n) is 4.03. The lowest BCUT2D eigenvalue weighted by Gasteiger charge is -2.24. The largest absolute Gasteiger partial charge is 0.493 e. The van der Waals surface area contributed by atoms with Crippen LogP contribution < -0.4 is 10.5 Å². The van der Waals surface area contributed by atoms with Gasteiger partial charge in [0.15, 0.2) is 0 Å². The summed E-state index contributed by atoms with van der Waals surface area (Å²) in [4.78, 5) is 14.3. The second kappa shape index (κ2) is 6.27. The highest BCUT2D eigenvalue weighted by Crippen LogP contribution is 2.29. The van der Waals surface area contributed by atoms with Gasteiger partial charge in [-0.2, -0.15) is 0 Å². The monoisotopic (exact) mass is 276 g/mol. The number of carbonyl (C=O) groups excluding carboxylic acids is 1. The molecule has 0 bridgehead atoms. The fraction of sp³-hybridized carbons (Fsp3) is 0.562. The predicted molar refractivity (Wildman–Crippen MR) is 79.5 cm³/mol. The first-order chi connectivity index (χ1) is 9.54. The molecule has 0 saturated carbocycles. The average molecular weight is 276 g/mol. The van der Waals surface area contributed by atoms with Crippen LogP contribution in [0.5, 0.6) is 5.75 Å². The van der Waals surface area contributed by atoms with Crippen molar-refractivity contribution in [1.29, 1.82) is 0 Å². The summed E-state index contributed by atoms with van der Waals surface area (Å²) in [6, 6.07) is 9.60. The van der Waals surface area contributed by atoms with E-state index < -0.39 is 0 Å². The van der Waals surface area contributed by atoms with E-state index in [0.29, 0.717) is 13.2 Å². The van der Waals surface area contributed by atoms with Gasteiger partial charge in [0, 0.05) is 13.1 Å². The molecule has 2 rings (SSSR count). The minimum atomic E-state index is -0.129. The first-order valence-electron chi connectivity index (χ1n) is 7.21. The third kappa shape index (κ3) is 3.51. The molecule has 1 aromatic rings. The van der Waals surface area contributed by atoms with E-state index in [1.807, 2.05) is 42.2 Å². The Morgan fingerprint density at radius 1 is 1.45 bits per heavy atom. The molecule has 20 heavy (non-hydrogen) atoms. The molecular weight excluding hydrogens is 252 g/mol. The molecule has 2 N–H and O–H groups in total. The van der Waals surface area contributed by atoms with Crippen LogP contribution in [0.3, 0.4) is 0 Å². The van der Waals surface area contributed by atoms with Crippen molar-refractivity contribution in [2.75, 3.05) is 26.2 Å². The summed E-state index contributed by atoms with van der Waals surface area (Å²) in [7, 11) is 0. The van der Waals surface area contributed by atoms with E-state index in [-0.39, 0.29) is 17.2 Å². The summed E-state index contributed by atoms with van der Waals surface area (Å²) in [6.45, 7) is 6.68. The molecule has 0 aliphatic carbocycles. The lowest BCUT2D eigenvalue weighted by molar-refractivity contribution is -0.135. The normalized spacial score (nSPS) is 23.6. The molecule has 4 heteroatoms. The number of amides is 1. The Bertz CT molecular complexity index is 449. The Hall–Kier alpha value is -1.55. The van der Waals surface area contributed by atoms with Crippen LogP contribution in [0.4, 0.5) is 0 Å². The van der Waals surface area contributed by atoms with Crippen LogP contribution >= 0.6 is 0 Å². The Kier molecular flexibility index (Phi) is 4.65. The van der Waals surface area contributed by atoms with Crippen molar-refractivity contribution < 1.29 is 9.53 Å². The molecule has 2 atom stereocenters. The van der Waals surface area contributed by atoms with Crippen LogP contribution in [-0.4, -0.2) is 37.0 Å². The lowest BCUT2D eigenvalue weighted by Crippen LogP contribution is -2.38. The summed E-state index contributed by atoms with van der Waals surface area (Å²) < 4.78 is 5.65. The standard InChI is InChI=1S/C16H24N2O2/c1-13(10-20-14-6-4-3-5-7-14)15(19)18-9-8-16(2,11-17)12-18/h3-7,13H,8-12,17H2,1-2H3. The summed E-state index contributed by atoms with van der Waals surface area (Å²) in [5.74, 6) is 0.841. The topological polar surface area (TPSA) is 55.6 Å². The van der Waals surface area contributed by atoms with Gasteiger partial charge in [-0.3, -0.25) is 4.79 Å². The molecule has 4 nitrogen and oxygen atoms in total. The molecule has 110 valence electrons. The van der Waals surface area contributed by atoms with Crippen LogP contribution in [-0.2, 0) is 4.79 Å². The van der Waals surface area contributed by atoms with Crippen LogP contribution in [0.1, 0.15) is 20.3 Å². The van der Waals surface area contributed by atoms with E-state index in [4.69, 9.17) is 10.5 Å². The van der Waals surface area contributed by atoms with E-state index in [1.54, 1.807) is 0 Å². The zero-order valence-corrected chi connectivity index (χ0v) is 12.3. The highest BCUT2D eigenvalue weighted by molar-refractivity contribution is 5.79. The fourth-order valence-electron chi connectivity index (χ4n) is 2.50. The number of carbonyl (C=O) groups is 1. The van der Waals surface area contributed by atoms with Crippen molar-refractivity contribution in [2.24, 2.45) is 17.1 Å². The predicted octanol–water partition coefficient (Wildman–Crippen LogP) is 1.90. The summed E-state index contributed by atoms with van der Waals surface area (Å²) in [6.07, 6.45) is 0.988. The van der Waals surface area contributed by atoms with Gasteiger partial charge < -0.3 is 15.4 Å². The van der Waals surface area contributed by atoms with Gasteiger partial charge in [-0.1, -0.05) is 32.0 Å². The maximum atomic E-state index is 12.4. The molecule has 2 unspecified atom stereocenters. The van der Waals surface area contributed by atoms with Gasteiger partial charge in [0.25, 0.3) is 0 Å². The number of hydrogen-bond acceptors (Lipinski definition) is 3. The number of nitrogens with zero attached hydrogens (tertiary/aromatic N) is 1. The number of rotatable bonds is 5. The minimum absolute atomic E-state index is 0.0790. The third-order valence-corrected chi connectivity index (χ3v) is 4.03. The Balaban J connectivity index is 1.84. The maximum Gasteiger partial charge on any atom is 0.228 e. The van der Waals surface area contributed by atoms with Crippen molar-refractivity contribution >= 4 is 5.91 Å². The molecule has 0 radical (unpaired) electrons. The van der Waals surface area contributed by atoms with E-state index in [0.717, 1.165) is 25.3 Å². The Morgan fingerprint density at radius 2 is 2.15 bits per heavy atom. The first kappa shape index (κ1) is 14.9. The smallest absolute Gasteiger partial charge is 0.228 e. The summed E-state index contributed by atoms with van der Waals surface area (Å²) in [5, 5.41) is 0. The quantitative estimate of drug-likeness (QED) is 0.893. The van der Waals surface area contributed by atoms with Gasteiger partial charge >= 0.3 is 0 Å². The molecule has 1 saturated heterocycles. The zero-order valence-electron chi connectivity index (χ0n) is 12.3. The van der Waals surface area contributed by atoms with Gasteiger partial charge in [0.2, 0.25) is 5.91 Å². The van der Waals surface area contributed by atoms with Gasteiger partial charge in [-0.15, -0.1) is 0 Å². The molecule has 1 amide bonds. The van der Waals surface area contributed by atoms with E-state index in [2.05, 4.69) is 6.92 Å². The Morgan fingerprint density at radius 3 is 2.75 bits per heavy atom. The number of hydrogen-bond donors (Lipinski definition) is 1. The van der Waals surface area contributed by atoms with E-state index in [9.17, 15) is 4.79 Å². The number of nitrogens with two attached hydrogens (primary N) is 1. The highest BCUT2D eigenvalue weighted by Gasteiger charge is 2.36. The van der Waals surface area contributed by atoms with Gasteiger partial charge in [-0.25, -0.2) is 0 Å². The van der Waals surface area contributed by atoms with Gasteiger partial charge in [0.05, 0.1) is 12.5 Å². The zero-order chi connectivity index (χ0) is 14.6. The summed E-state index contributed by atoms with van der Waals surface area (Å²) >= 11 is 0. The molecule has 1 aromatic carbocycles. The molecule has 0 spiro atoms. The molecular formula is C16H24N2O2. The second-order valence-electron chi connectivity index (χ2n) is 6.05. The molecule has 1 fully saturated rings. The van der Waals surface area contributed by atoms with Gasteiger partial charge in [0.1, 0.15) is 5.75 Å². The van der Waals surface area contributed by atoms with Crippen LogP contribution in [0, 0.1) is 11.3 Å². The SMILES string of the molecule is CC(COc1ccccc1)C(=O)N1CCC(C)(CN)C1. The van der Waals surface area contributed by atoms with Crippen molar-refractivity contribution in [3.05, 3.63) is 30.3 Å². The van der Waals surface area contributed by atoms with Crippen molar-refractivity contribution in [2.45, 2.75) is 20.3 Å². The van der Waals surface area contributed by atoms with E-state index >= 15 is 0 Å². The van der Waals surface area contributed by atoms with Crippen LogP contribution in [0.2, 0.25) is 0 Å².